The van der Waals surface area contributed by atoms with Crippen molar-refractivity contribution in [2.75, 3.05) is 5.75 Å². The Morgan fingerprint density at radius 2 is 1.62 bits per heavy atom. The molecule has 0 fully saturated rings. The SMILES string of the molecule is O=[SH](=O)[CH]C[SH](=O)=O. The maximum atomic E-state index is 9.64. The standard InChI is InChI=1S/C2H5O4S2/c3-7(4)1-2-8(5)6/h1,7-8H,2H2. The molecule has 8 heavy (non-hydrogen) atoms. The largest absolute Gasteiger partial charge is 0.232 e. The van der Waals surface area contributed by atoms with Crippen molar-refractivity contribution >= 4 is 21.4 Å². The summed E-state index contributed by atoms with van der Waals surface area (Å²) in [7, 11) is -5.21. The van der Waals surface area contributed by atoms with Gasteiger partial charge in [-0.2, -0.15) is 0 Å². The third kappa shape index (κ3) is 5.90. The quantitative estimate of drug-likeness (QED) is 0.483. The highest BCUT2D eigenvalue weighted by Crippen LogP contribution is 1.74. The van der Waals surface area contributed by atoms with Crippen LogP contribution in [0.3, 0.4) is 0 Å². The second kappa shape index (κ2) is 3.85. The number of thiol groups is 2. The molecule has 0 heterocycles. The summed E-state index contributed by atoms with van der Waals surface area (Å²) in [5.41, 5.74) is 0. The average molecular weight is 157 g/mol. The molecule has 6 heteroatoms. The molecule has 0 bridgehead atoms. The Morgan fingerprint density at radius 3 is 1.75 bits per heavy atom. The Bertz CT molecular complexity index is 150. The van der Waals surface area contributed by atoms with Gasteiger partial charge in [0, 0.05) is 0 Å². The van der Waals surface area contributed by atoms with Crippen molar-refractivity contribution in [3.8, 4) is 0 Å². The molecule has 0 aromatic carbocycles. The van der Waals surface area contributed by atoms with Crippen LogP contribution in [0, 0.1) is 5.75 Å². The molecule has 0 rings (SSSR count). The van der Waals surface area contributed by atoms with Crippen LogP contribution < -0.4 is 0 Å². The molecule has 0 aliphatic carbocycles. The van der Waals surface area contributed by atoms with Crippen LogP contribution in [0.4, 0.5) is 0 Å². The summed E-state index contributed by atoms with van der Waals surface area (Å²) in [6, 6.07) is 0. The summed E-state index contributed by atoms with van der Waals surface area (Å²) in [6.07, 6.45) is 0. The maximum Gasteiger partial charge on any atom is 0.145 e. The van der Waals surface area contributed by atoms with Gasteiger partial charge in [0.15, 0.2) is 0 Å². The predicted octanol–water partition coefficient (Wildman–Crippen LogP) is -1.63. The molecule has 49 valence electrons. The van der Waals surface area contributed by atoms with E-state index in [1.165, 1.54) is 0 Å². The highest BCUT2D eigenvalue weighted by molar-refractivity contribution is 7.78. The lowest BCUT2D eigenvalue weighted by molar-refractivity contribution is 0.611. The smallest absolute Gasteiger partial charge is 0.145 e. The van der Waals surface area contributed by atoms with Crippen LogP contribution in [-0.4, -0.2) is 22.6 Å². The Labute approximate surface area is 50.4 Å². The van der Waals surface area contributed by atoms with E-state index in [1.54, 1.807) is 0 Å². The van der Waals surface area contributed by atoms with Crippen LogP contribution in [0.2, 0.25) is 0 Å². The summed E-state index contributed by atoms with van der Waals surface area (Å²) in [5.74, 6) is 0.342. The number of hydrogen-bond acceptors (Lipinski definition) is 4. The average Bonchev–Trinajstić information content (AvgIpc) is 1.61. The fourth-order valence-electron chi connectivity index (χ4n) is 0.133. The van der Waals surface area contributed by atoms with Gasteiger partial charge in [-0.25, -0.2) is 16.8 Å². The van der Waals surface area contributed by atoms with Crippen molar-refractivity contribution in [3.63, 3.8) is 0 Å². The second-order valence-corrected chi connectivity index (χ2v) is 2.95. The molecule has 0 spiro atoms. The number of hydrogen-bond donors (Lipinski definition) is 2. The molecule has 0 amide bonds. The molecule has 0 aromatic rings. The Hall–Kier alpha value is -0.100. The molecule has 1 radical (unpaired) electrons. The van der Waals surface area contributed by atoms with E-state index in [0.717, 1.165) is 5.75 Å². The molecule has 0 aliphatic heterocycles. The first-order valence-electron chi connectivity index (χ1n) is 1.71. The molecule has 0 atom stereocenters. The highest BCUT2D eigenvalue weighted by Gasteiger charge is 1.88. The first kappa shape index (κ1) is 7.90. The lowest BCUT2D eigenvalue weighted by atomic mass is 11.0. The highest BCUT2D eigenvalue weighted by atomic mass is 32.2. The van der Waals surface area contributed by atoms with Crippen LogP contribution >= 0.6 is 0 Å². The van der Waals surface area contributed by atoms with Crippen molar-refractivity contribution in [3.05, 3.63) is 5.75 Å². The molecule has 0 aromatic heterocycles. The lowest BCUT2D eigenvalue weighted by Crippen LogP contribution is -1.88. The Kier molecular flexibility index (Phi) is 3.80. The van der Waals surface area contributed by atoms with Crippen LogP contribution in [0.25, 0.3) is 0 Å². The van der Waals surface area contributed by atoms with Gasteiger partial charge in [-0.1, -0.05) is 0 Å². The summed E-state index contributed by atoms with van der Waals surface area (Å²) in [4.78, 5) is 0. The first-order valence-corrected chi connectivity index (χ1v) is 4.32. The van der Waals surface area contributed by atoms with Gasteiger partial charge < -0.3 is 0 Å². The van der Waals surface area contributed by atoms with Crippen LogP contribution in [0.15, 0.2) is 0 Å². The van der Waals surface area contributed by atoms with Crippen LogP contribution in [-0.2, 0) is 21.4 Å². The van der Waals surface area contributed by atoms with Crippen molar-refractivity contribution < 1.29 is 16.8 Å². The van der Waals surface area contributed by atoms with E-state index in [-0.39, 0.29) is 5.75 Å². The zero-order valence-electron chi connectivity index (χ0n) is 3.81. The summed E-state index contributed by atoms with van der Waals surface area (Å²) in [5, 5.41) is 0. The fourth-order valence-corrected chi connectivity index (χ4v) is 1.20. The third-order valence-electron chi connectivity index (χ3n) is 0.380. The summed E-state index contributed by atoms with van der Waals surface area (Å²) < 4.78 is 38.5. The van der Waals surface area contributed by atoms with Crippen molar-refractivity contribution in [1.29, 1.82) is 0 Å². The van der Waals surface area contributed by atoms with Gasteiger partial charge in [0.2, 0.25) is 0 Å². The van der Waals surface area contributed by atoms with Gasteiger partial charge >= 0.3 is 0 Å². The molecular weight excluding hydrogens is 152 g/mol. The van der Waals surface area contributed by atoms with Crippen molar-refractivity contribution in [2.24, 2.45) is 0 Å². The minimum absolute atomic E-state index is 0.381. The van der Waals surface area contributed by atoms with Crippen LogP contribution in [0.1, 0.15) is 0 Å². The lowest BCUT2D eigenvalue weighted by Gasteiger charge is -1.74. The van der Waals surface area contributed by atoms with E-state index in [4.69, 9.17) is 0 Å². The first-order chi connectivity index (χ1) is 3.63. The molecule has 4 nitrogen and oxygen atoms in total. The monoisotopic (exact) mass is 157 g/mol. The van der Waals surface area contributed by atoms with Crippen molar-refractivity contribution in [2.45, 2.75) is 0 Å². The molecule has 0 aliphatic rings. The zero-order valence-corrected chi connectivity index (χ0v) is 5.60. The molecule has 0 N–H and O–H groups in total. The van der Waals surface area contributed by atoms with Crippen molar-refractivity contribution in [1.82, 2.24) is 0 Å². The Morgan fingerprint density at radius 1 is 1.12 bits per heavy atom. The molecule has 0 saturated carbocycles. The van der Waals surface area contributed by atoms with E-state index >= 15 is 0 Å². The van der Waals surface area contributed by atoms with E-state index in [2.05, 4.69) is 0 Å². The van der Waals surface area contributed by atoms with Gasteiger partial charge in [-0.3, -0.25) is 0 Å². The summed E-state index contributed by atoms with van der Waals surface area (Å²) >= 11 is 0. The van der Waals surface area contributed by atoms with Gasteiger partial charge in [0.05, 0.1) is 11.5 Å². The van der Waals surface area contributed by atoms with E-state index in [1.807, 2.05) is 0 Å². The van der Waals surface area contributed by atoms with E-state index < -0.39 is 21.4 Å². The summed E-state index contributed by atoms with van der Waals surface area (Å²) in [6.45, 7) is 0. The van der Waals surface area contributed by atoms with Gasteiger partial charge in [0.1, 0.15) is 21.4 Å². The van der Waals surface area contributed by atoms with Gasteiger partial charge in [0.25, 0.3) is 0 Å². The third-order valence-corrected chi connectivity index (χ3v) is 1.63. The molecule has 0 unspecified atom stereocenters. The molecular formula is C2H5O4S2. The van der Waals surface area contributed by atoms with Gasteiger partial charge in [-0.05, 0) is 0 Å². The van der Waals surface area contributed by atoms with E-state index in [9.17, 15) is 16.8 Å². The van der Waals surface area contributed by atoms with Gasteiger partial charge in [-0.15, -0.1) is 0 Å². The minimum atomic E-state index is -2.64. The molecule has 0 saturated heterocycles. The Balaban J connectivity index is 3.48. The minimum Gasteiger partial charge on any atom is -0.232 e. The zero-order chi connectivity index (χ0) is 6.57. The topological polar surface area (TPSA) is 68.3 Å². The van der Waals surface area contributed by atoms with Crippen LogP contribution in [0.5, 0.6) is 0 Å². The fraction of sp³-hybridized carbons (Fsp3) is 0.500. The maximum absolute atomic E-state index is 9.64. The second-order valence-electron chi connectivity index (χ2n) is 0.983. The van der Waals surface area contributed by atoms with E-state index in [0.29, 0.717) is 0 Å². The normalized spacial score (nSPS) is 10.8. The number of rotatable bonds is 3. The predicted molar refractivity (Wildman–Crippen MR) is 29.8 cm³/mol.